The molecule has 1 fully saturated rings. The van der Waals surface area contributed by atoms with Gasteiger partial charge in [-0.1, -0.05) is 38.5 Å². The summed E-state index contributed by atoms with van der Waals surface area (Å²) in [5.41, 5.74) is 0.555. The van der Waals surface area contributed by atoms with Crippen molar-refractivity contribution < 1.29 is 9.18 Å². The average Bonchev–Trinajstić information content (AvgIpc) is 2.76. The van der Waals surface area contributed by atoms with Crippen LogP contribution in [0.25, 0.3) is 0 Å². The van der Waals surface area contributed by atoms with E-state index in [1.54, 1.807) is 12.1 Å². The Balaban J connectivity index is 2.34. The summed E-state index contributed by atoms with van der Waals surface area (Å²) in [6.45, 7) is 6.11. The number of carbonyl (C=O) groups excluding carboxylic acids is 1. The van der Waals surface area contributed by atoms with Gasteiger partial charge in [0.25, 0.3) is 0 Å². The standard InChI is InChI=1S/C16H23FN2O/c1-4-8-11(3)19-15(18-14(5-2)16(19)20)12-9-6-7-10-13(12)17/h6-7,9-11,14-15,18H,4-5,8H2,1-3H3. The van der Waals surface area contributed by atoms with E-state index in [9.17, 15) is 9.18 Å². The van der Waals surface area contributed by atoms with Crippen LogP contribution in [0.2, 0.25) is 0 Å². The first-order valence-corrected chi connectivity index (χ1v) is 7.42. The summed E-state index contributed by atoms with van der Waals surface area (Å²) >= 11 is 0. The second kappa shape index (κ2) is 6.35. The fourth-order valence-corrected chi connectivity index (χ4v) is 2.91. The van der Waals surface area contributed by atoms with Crippen molar-refractivity contribution in [1.29, 1.82) is 0 Å². The molecule has 1 aliphatic heterocycles. The molecule has 0 spiro atoms. The van der Waals surface area contributed by atoms with Crippen LogP contribution < -0.4 is 5.32 Å². The van der Waals surface area contributed by atoms with Crippen molar-refractivity contribution in [2.45, 2.75) is 58.3 Å². The highest BCUT2D eigenvalue weighted by Crippen LogP contribution is 2.31. The Kier molecular flexibility index (Phi) is 4.76. The number of benzene rings is 1. The molecule has 0 radical (unpaired) electrons. The average molecular weight is 278 g/mol. The molecule has 1 N–H and O–H groups in total. The number of amides is 1. The lowest BCUT2D eigenvalue weighted by molar-refractivity contribution is -0.132. The van der Waals surface area contributed by atoms with E-state index >= 15 is 0 Å². The smallest absolute Gasteiger partial charge is 0.241 e. The van der Waals surface area contributed by atoms with Crippen molar-refractivity contribution in [1.82, 2.24) is 10.2 Å². The van der Waals surface area contributed by atoms with E-state index in [2.05, 4.69) is 12.2 Å². The van der Waals surface area contributed by atoms with E-state index in [0.717, 1.165) is 19.3 Å². The zero-order valence-corrected chi connectivity index (χ0v) is 12.4. The Morgan fingerprint density at radius 2 is 2.05 bits per heavy atom. The number of nitrogens with zero attached hydrogens (tertiary/aromatic N) is 1. The lowest BCUT2D eigenvalue weighted by Gasteiger charge is -2.30. The first-order valence-electron chi connectivity index (χ1n) is 7.42. The molecule has 4 heteroatoms. The first kappa shape index (κ1) is 15.0. The maximum absolute atomic E-state index is 14.0. The Morgan fingerprint density at radius 1 is 1.35 bits per heavy atom. The maximum Gasteiger partial charge on any atom is 0.241 e. The summed E-state index contributed by atoms with van der Waals surface area (Å²) in [5.74, 6) is -0.176. The zero-order chi connectivity index (χ0) is 14.7. The molecule has 3 unspecified atom stereocenters. The minimum Gasteiger partial charge on any atom is -0.319 e. The van der Waals surface area contributed by atoms with Gasteiger partial charge in [-0.25, -0.2) is 4.39 Å². The molecule has 1 aromatic carbocycles. The van der Waals surface area contributed by atoms with Gasteiger partial charge >= 0.3 is 0 Å². The normalized spacial score (nSPS) is 24.2. The Morgan fingerprint density at radius 3 is 2.65 bits per heavy atom. The van der Waals surface area contributed by atoms with Crippen LogP contribution >= 0.6 is 0 Å². The van der Waals surface area contributed by atoms with Crippen molar-refractivity contribution in [3.8, 4) is 0 Å². The summed E-state index contributed by atoms with van der Waals surface area (Å²) in [7, 11) is 0. The lowest BCUT2D eigenvalue weighted by atomic mass is 10.1. The van der Waals surface area contributed by atoms with Crippen LogP contribution in [0.3, 0.4) is 0 Å². The van der Waals surface area contributed by atoms with Gasteiger partial charge in [-0.15, -0.1) is 0 Å². The van der Waals surface area contributed by atoms with Crippen molar-refractivity contribution in [3.63, 3.8) is 0 Å². The van der Waals surface area contributed by atoms with Crippen LogP contribution in [0, 0.1) is 5.82 Å². The predicted octanol–water partition coefficient (Wildman–Crippen LogP) is 3.22. The molecule has 1 saturated heterocycles. The molecule has 1 amide bonds. The van der Waals surface area contributed by atoms with E-state index in [0.29, 0.717) is 5.56 Å². The molecule has 0 aromatic heterocycles. The summed E-state index contributed by atoms with van der Waals surface area (Å²) in [5, 5.41) is 3.27. The number of halogens is 1. The molecule has 0 aliphatic carbocycles. The highest BCUT2D eigenvalue weighted by atomic mass is 19.1. The van der Waals surface area contributed by atoms with Crippen molar-refractivity contribution in [3.05, 3.63) is 35.6 Å². The van der Waals surface area contributed by atoms with Gasteiger partial charge in [-0.2, -0.15) is 0 Å². The van der Waals surface area contributed by atoms with Gasteiger partial charge in [-0.3, -0.25) is 10.1 Å². The quantitative estimate of drug-likeness (QED) is 0.897. The topological polar surface area (TPSA) is 32.3 Å². The monoisotopic (exact) mass is 278 g/mol. The van der Waals surface area contributed by atoms with E-state index in [1.807, 2.05) is 24.8 Å². The van der Waals surface area contributed by atoms with Gasteiger partial charge in [0.2, 0.25) is 5.91 Å². The Bertz CT molecular complexity index is 477. The molecule has 110 valence electrons. The summed E-state index contributed by atoms with van der Waals surface area (Å²) in [6, 6.07) is 6.59. The molecule has 1 aromatic rings. The van der Waals surface area contributed by atoms with Crippen LogP contribution in [-0.2, 0) is 4.79 Å². The predicted molar refractivity (Wildman–Crippen MR) is 77.6 cm³/mol. The maximum atomic E-state index is 14.0. The van der Waals surface area contributed by atoms with Crippen molar-refractivity contribution in [2.75, 3.05) is 0 Å². The second-order valence-electron chi connectivity index (χ2n) is 5.43. The van der Waals surface area contributed by atoms with E-state index < -0.39 is 0 Å². The fraction of sp³-hybridized carbons (Fsp3) is 0.562. The molecule has 3 atom stereocenters. The molecule has 20 heavy (non-hydrogen) atoms. The number of hydrogen-bond acceptors (Lipinski definition) is 2. The molecule has 3 nitrogen and oxygen atoms in total. The Hall–Kier alpha value is -1.42. The van der Waals surface area contributed by atoms with Gasteiger partial charge < -0.3 is 4.90 Å². The van der Waals surface area contributed by atoms with Crippen LogP contribution in [0.15, 0.2) is 24.3 Å². The van der Waals surface area contributed by atoms with E-state index in [-0.39, 0.29) is 30.0 Å². The van der Waals surface area contributed by atoms with Crippen LogP contribution in [0.1, 0.15) is 51.8 Å². The molecular formula is C16H23FN2O. The number of rotatable bonds is 5. The minimum atomic E-state index is -0.352. The highest BCUT2D eigenvalue weighted by Gasteiger charge is 2.41. The number of carbonyl (C=O) groups is 1. The fourth-order valence-electron chi connectivity index (χ4n) is 2.91. The van der Waals surface area contributed by atoms with Crippen LogP contribution in [-0.4, -0.2) is 22.9 Å². The van der Waals surface area contributed by atoms with Crippen LogP contribution in [0.5, 0.6) is 0 Å². The third-order valence-corrected chi connectivity index (χ3v) is 3.98. The van der Waals surface area contributed by atoms with Gasteiger partial charge in [0.1, 0.15) is 12.0 Å². The SMILES string of the molecule is CCCC(C)N1C(=O)C(CC)NC1c1ccccc1F. The molecule has 1 heterocycles. The number of hydrogen-bond donors (Lipinski definition) is 1. The van der Waals surface area contributed by atoms with Gasteiger partial charge in [0.15, 0.2) is 0 Å². The number of nitrogens with one attached hydrogen (secondary N) is 1. The summed E-state index contributed by atoms with van der Waals surface area (Å²) in [6.07, 6.45) is 2.30. The largest absolute Gasteiger partial charge is 0.319 e. The second-order valence-corrected chi connectivity index (χ2v) is 5.43. The van der Waals surface area contributed by atoms with Crippen molar-refractivity contribution in [2.24, 2.45) is 0 Å². The van der Waals surface area contributed by atoms with Gasteiger partial charge in [-0.05, 0) is 25.8 Å². The third kappa shape index (κ3) is 2.70. The molecule has 2 rings (SSSR count). The third-order valence-electron chi connectivity index (χ3n) is 3.98. The highest BCUT2D eigenvalue weighted by molar-refractivity contribution is 5.84. The molecule has 0 bridgehead atoms. The first-order chi connectivity index (χ1) is 9.60. The summed E-state index contributed by atoms with van der Waals surface area (Å²) < 4.78 is 14.0. The van der Waals surface area contributed by atoms with Crippen molar-refractivity contribution >= 4 is 5.91 Å². The lowest BCUT2D eigenvalue weighted by Crippen LogP contribution is -2.38. The van der Waals surface area contributed by atoms with Gasteiger partial charge in [0.05, 0.1) is 6.04 Å². The van der Waals surface area contributed by atoms with Gasteiger partial charge in [0, 0.05) is 11.6 Å². The molecule has 0 saturated carbocycles. The Labute approximate surface area is 120 Å². The minimum absolute atomic E-state index is 0.0849. The zero-order valence-electron chi connectivity index (χ0n) is 12.4. The molecule has 1 aliphatic rings. The van der Waals surface area contributed by atoms with E-state index in [1.165, 1.54) is 6.07 Å². The molecular weight excluding hydrogens is 255 g/mol. The van der Waals surface area contributed by atoms with Crippen LogP contribution in [0.4, 0.5) is 4.39 Å². The summed E-state index contributed by atoms with van der Waals surface area (Å²) in [4.78, 5) is 14.3. The van der Waals surface area contributed by atoms with E-state index in [4.69, 9.17) is 0 Å².